The second-order valence-electron chi connectivity index (χ2n) is 3.97. The van der Waals surface area contributed by atoms with Crippen molar-refractivity contribution in [3.05, 3.63) is 27.1 Å². The fourth-order valence-electron chi connectivity index (χ4n) is 1.61. The van der Waals surface area contributed by atoms with Crippen molar-refractivity contribution in [2.24, 2.45) is 0 Å². The van der Waals surface area contributed by atoms with Gasteiger partial charge >= 0.3 is 0 Å². The molecule has 1 aromatic carbocycles. The lowest BCUT2D eigenvalue weighted by molar-refractivity contribution is -0.129. The van der Waals surface area contributed by atoms with Gasteiger partial charge in [-0.25, -0.2) is 13.1 Å². The number of sulfonamides is 1. The number of likely N-dealkylation sites (N-methyl/N-ethyl adjacent to an activating group) is 1. The lowest BCUT2D eigenvalue weighted by Crippen LogP contribution is -2.40. The van der Waals surface area contributed by atoms with Crippen molar-refractivity contribution in [2.45, 2.75) is 18.7 Å². The van der Waals surface area contributed by atoms with E-state index < -0.39 is 10.0 Å². The number of hydrogen-bond acceptors (Lipinski definition) is 3. The van der Waals surface area contributed by atoms with Crippen LogP contribution in [0, 0.1) is 0 Å². The molecule has 0 spiro atoms. The molecule has 1 rings (SSSR count). The molecule has 8 heteroatoms. The molecular formula is C12H16Br2N2O3S. The summed E-state index contributed by atoms with van der Waals surface area (Å²) in [6, 6.07) is 4.84. The van der Waals surface area contributed by atoms with Crippen LogP contribution in [0.5, 0.6) is 0 Å². The van der Waals surface area contributed by atoms with Gasteiger partial charge in [-0.3, -0.25) is 4.79 Å². The second-order valence-corrected chi connectivity index (χ2v) is 7.47. The molecule has 5 nitrogen and oxygen atoms in total. The third kappa shape index (κ3) is 4.54. The molecule has 0 aliphatic carbocycles. The average Bonchev–Trinajstić information content (AvgIpc) is 2.40. The van der Waals surface area contributed by atoms with Crippen LogP contribution in [-0.2, 0) is 14.8 Å². The van der Waals surface area contributed by atoms with Crippen LogP contribution in [-0.4, -0.2) is 38.9 Å². The summed E-state index contributed by atoms with van der Waals surface area (Å²) in [4.78, 5) is 13.5. The Morgan fingerprint density at radius 1 is 1.25 bits per heavy atom. The molecule has 0 bridgehead atoms. The number of nitrogens with zero attached hydrogens (tertiary/aromatic N) is 1. The number of hydrogen-bond donors (Lipinski definition) is 1. The van der Waals surface area contributed by atoms with E-state index in [-0.39, 0.29) is 17.3 Å². The largest absolute Gasteiger partial charge is 0.342 e. The molecule has 0 atom stereocenters. The summed E-state index contributed by atoms with van der Waals surface area (Å²) >= 11 is 6.42. The topological polar surface area (TPSA) is 66.5 Å². The Balaban J connectivity index is 2.86. The predicted octanol–water partition coefficient (Wildman–Crippen LogP) is 2.36. The molecule has 1 amide bonds. The molecule has 0 radical (unpaired) electrons. The van der Waals surface area contributed by atoms with Crippen LogP contribution in [0.2, 0.25) is 0 Å². The first-order valence-electron chi connectivity index (χ1n) is 6.04. The molecule has 0 fully saturated rings. The van der Waals surface area contributed by atoms with Crippen molar-refractivity contribution in [2.75, 3.05) is 19.6 Å². The predicted molar refractivity (Wildman–Crippen MR) is 85.0 cm³/mol. The Morgan fingerprint density at radius 2 is 1.85 bits per heavy atom. The normalized spacial score (nSPS) is 11.4. The van der Waals surface area contributed by atoms with Gasteiger partial charge in [-0.05, 0) is 48.0 Å². The van der Waals surface area contributed by atoms with Crippen LogP contribution in [0.1, 0.15) is 13.8 Å². The molecule has 112 valence electrons. The number of rotatable bonds is 6. The highest BCUT2D eigenvalue weighted by Gasteiger charge is 2.20. The fourth-order valence-corrected chi connectivity index (χ4v) is 4.08. The molecule has 0 aliphatic rings. The second kappa shape index (κ2) is 7.53. The Hall–Kier alpha value is -0.440. The summed E-state index contributed by atoms with van der Waals surface area (Å²) < 4.78 is 27.8. The minimum absolute atomic E-state index is 0.0965. The standard InChI is InChI=1S/C12H16Br2N2O3S/c1-3-16(4-2)12(17)8-15-20(18,19)11-7-9(13)5-6-10(11)14/h5-7,15H,3-4,8H2,1-2H3. The first-order valence-corrected chi connectivity index (χ1v) is 9.11. The van der Waals surface area contributed by atoms with Gasteiger partial charge in [0.15, 0.2) is 0 Å². The Morgan fingerprint density at radius 3 is 2.40 bits per heavy atom. The third-order valence-electron chi connectivity index (χ3n) is 2.71. The highest BCUT2D eigenvalue weighted by molar-refractivity contribution is 9.11. The van der Waals surface area contributed by atoms with Gasteiger partial charge in [-0.2, -0.15) is 0 Å². The number of nitrogens with one attached hydrogen (secondary N) is 1. The van der Waals surface area contributed by atoms with Gasteiger partial charge in [0, 0.05) is 22.0 Å². The summed E-state index contributed by atoms with van der Waals surface area (Å²) in [5.41, 5.74) is 0. The fraction of sp³-hybridized carbons (Fsp3) is 0.417. The van der Waals surface area contributed by atoms with Crippen molar-refractivity contribution >= 4 is 47.8 Å². The van der Waals surface area contributed by atoms with Crippen molar-refractivity contribution in [3.63, 3.8) is 0 Å². The van der Waals surface area contributed by atoms with Gasteiger partial charge in [0.2, 0.25) is 15.9 Å². The van der Waals surface area contributed by atoms with Crippen LogP contribution in [0.3, 0.4) is 0 Å². The average molecular weight is 428 g/mol. The summed E-state index contributed by atoms with van der Waals surface area (Å²) in [6.07, 6.45) is 0. The quantitative estimate of drug-likeness (QED) is 0.757. The van der Waals surface area contributed by atoms with Crippen LogP contribution in [0.25, 0.3) is 0 Å². The maximum atomic E-state index is 12.2. The Labute approximate surface area is 136 Å². The third-order valence-corrected chi connectivity index (χ3v) is 5.60. The van der Waals surface area contributed by atoms with Crippen LogP contribution in [0.15, 0.2) is 32.0 Å². The van der Waals surface area contributed by atoms with E-state index in [0.717, 1.165) is 0 Å². The van der Waals surface area contributed by atoms with E-state index in [1.54, 1.807) is 17.0 Å². The highest BCUT2D eigenvalue weighted by Crippen LogP contribution is 2.25. The SMILES string of the molecule is CCN(CC)C(=O)CNS(=O)(=O)c1cc(Br)ccc1Br. The smallest absolute Gasteiger partial charge is 0.242 e. The molecule has 0 aromatic heterocycles. The summed E-state index contributed by atoms with van der Waals surface area (Å²) in [6.45, 7) is 4.56. The summed E-state index contributed by atoms with van der Waals surface area (Å²) in [5.74, 6) is -0.246. The molecule has 0 saturated carbocycles. The summed E-state index contributed by atoms with van der Waals surface area (Å²) in [7, 11) is -3.73. The maximum Gasteiger partial charge on any atom is 0.242 e. The first kappa shape index (κ1) is 17.6. The molecule has 0 unspecified atom stereocenters. The van der Waals surface area contributed by atoms with E-state index >= 15 is 0 Å². The Kier molecular flexibility index (Phi) is 6.63. The van der Waals surface area contributed by atoms with E-state index in [0.29, 0.717) is 22.0 Å². The molecule has 1 N–H and O–H groups in total. The minimum Gasteiger partial charge on any atom is -0.342 e. The molecular weight excluding hydrogens is 412 g/mol. The van der Waals surface area contributed by atoms with Crippen molar-refractivity contribution in [1.29, 1.82) is 0 Å². The number of carbonyl (C=O) groups excluding carboxylic acids is 1. The zero-order valence-electron chi connectivity index (χ0n) is 11.2. The van der Waals surface area contributed by atoms with Crippen LogP contribution < -0.4 is 4.72 Å². The molecule has 0 aliphatic heterocycles. The van der Waals surface area contributed by atoms with E-state index in [4.69, 9.17) is 0 Å². The van der Waals surface area contributed by atoms with Crippen molar-refractivity contribution < 1.29 is 13.2 Å². The van der Waals surface area contributed by atoms with E-state index in [2.05, 4.69) is 36.6 Å². The zero-order valence-corrected chi connectivity index (χ0v) is 15.2. The number of amides is 1. The zero-order chi connectivity index (χ0) is 15.3. The van der Waals surface area contributed by atoms with Gasteiger partial charge in [0.05, 0.1) is 11.4 Å². The lowest BCUT2D eigenvalue weighted by Gasteiger charge is -2.18. The number of benzene rings is 1. The van der Waals surface area contributed by atoms with Gasteiger partial charge in [0.25, 0.3) is 0 Å². The van der Waals surface area contributed by atoms with Gasteiger partial charge in [0.1, 0.15) is 0 Å². The van der Waals surface area contributed by atoms with Crippen molar-refractivity contribution in [1.82, 2.24) is 9.62 Å². The molecule has 0 heterocycles. The van der Waals surface area contributed by atoms with Gasteiger partial charge in [-0.15, -0.1) is 0 Å². The maximum absolute atomic E-state index is 12.2. The van der Waals surface area contributed by atoms with Crippen LogP contribution in [0.4, 0.5) is 0 Å². The van der Waals surface area contributed by atoms with E-state index in [9.17, 15) is 13.2 Å². The van der Waals surface area contributed by atoms with Crippen molar-refractivity contribution in [3.8, 4) is 0 Å². The minimum atomic E-state index is -3.73. The first-order chi connectivity index (χ1) is 9.31. The molecule has 20 heavy (non-hydrogen) atoms. The number of carbonyl (C=O) groups is 1. The monoisotopic (exact) mass is 426 g/mol. The van der Waals surface area contributed by atoms with Crippen LogP contribution >= 0.6 is 31.9 Å². The Bertz CT molecular complexity index is 586. The lowest BCUT2D eigenvalue weighted by atomic mass is 10.4. The highest BCUT2D eigenvalue weighted by atomic mass is 79.9. The summed E-state index contributed by atoms with van der Waals surface area (Å²) in [5, 5.41) is 0. The number of halogens is 2. The van der Waals surface area contributed by atoms with E-state index in [1.807, 2.05) is 13.8 Å². The molecule has 1 aromatic rings. The van der Waals surface area contributed by atoms with E-state index in [1.165, 1.54) is 6.07 Å². The van der Waals surface area contributed by atoms with Gasteiger partial charge < -0.3 is 4.90 Å². The molecule has 0 saturated heterocycles. The van der Waals surface area contributed by atoms with Gasteiger partial charge in [-0.1, -0.05) is 15.9 Å².